The maximum Gasteiger partial charge on any atom is 0.227 e. The van der Waals surface area contributed by atoms with Crippen molar-refractivity contribution in [3.63, 3.8) is 0 Å². The number of carbonyl (C=O) groups excluding carboxylic acids is 1. The van der Waals surface area contributed by atoms with E-state index in [-0.39, 0.29) is 18.2 Å². The van der Waals surface area contributed by atoms with Crippen LogP contribution in [0.1, 0.15) is 6.42 Å². The highest BCUT2D eigenvalue weighted by Gasteiger charge is 2.10. The predicted molar refractivity (Wildman–Crippen MR) is 76.8 cm³/mol. The van der Waals surface area contributed by atoms with Crippen LogP contribution in [0.4, 0.5) is 5.13 Å². The van der Waals surface area contributed by atoms with E-state index in [2.05, 4.69) is 15.3 Å². The molecule has 0 aliphatic heterocycles. The van der Waals surface area contributed by atoms with Crippen molar-refractivity contribution >= 4 is 33.3 Å². The van der Waals surface area contributed by atoms with Gasteiger partial charge in [0.1, 0.15) is 0 Å². The summed E-state index contributed by atoms with van der Waals surface area (Å²) in [5.41, 5.74) is 0.713. The number of aromatic nitrogens is 3. The highest BCUT2D eigenvalue weighted by molar-refractivity contribution is 7.13. The minimum Gasteiger partial charge on any atom is -0.494 e. The topological polar surface area (TPSA) is 80.0 Å². The first kappa shape index (κ1) is 12.6. The number of pyridine rings is 1. The van der Waals surface area contributed by atoms with Crippen molar-refractivity contribution in [2.75, 3.05) is 5.32 Å². The zero-order valence-corrected chi connectivity index (χ0v) is 11.3. The molecule has 0 fully saturated rings. The van der Waals surface area contributed by atoms with Gasteiger partial charge in [-0.05, 0) is 12.1 Å². The van der Waals surface area contributed by atoms with E-state index in [1.807, 2.05) is 0 Å². The Bertz CT molecular complexity index is 736. The molecule has 6 nitrogen and oxygen atoms in total. The lowest BCUT2D eigenvalue weighted by Gasteiger charge is -2.04. The molecule has 0 atom stereocenters. The second-order valence-electron chi connectivity index (χ2n) is 4.22. The summed E-state index contributed by atoms with van der Waals surface area (Å²) >= 11 is 1.37. The molecule has 0 radical (unpaired) electrons. The van der Waals surface area contributed by atoms with Gasteiger partial charge in [-0.2, -0.15) is 0 Å². The number of hydrogen-bond donors (Lipinski definition) is 2. The Morgan fingerprint density at radius 1 is 1.40 bits per heavy atom. The average molecular weight is 288 g/mol. The van der Waals surface area contributed by atoms with Crippen molar-refractivity contribution in [3.05, 3.63) is 36.1 Å². The van der Waals surface area contributed by atoms with Gasteiger partial charge in [0.05, 0.1) is 10.9 Å². The number of amides is 1. The molecule has 0 aliphatic carbocycles. The standard InChI is InChI=1S/C13H12N4O2S/c18-11(16-13-15-5-7-20-13)3-6-17-8-10-9(12(17)19)2-1-4-14-10/h1-2,4-5,7-8,19H,3,6H2,(H,15,16,18). The molecule has 20 heavy (non-hydrogen) atoms. The molecule has 3 heterocycles. The zero-order valence-electron chi connectivity index (χ0n) is 10.5. The van der Waals surface area contributed by atoms with Crippen LogP contribution in [0.15, 0.2) is 36.1 Å². The normalized spacial score (nSPS) is 10.8. The first-order chi connectivity index (χ1) is 9.74. The summed E-state index contributed by atoms with van der Waals surface area (Å²) in [5.74, 6) is 0.000198. The summed E-state index contributed by atoms with van der Waals surface area (Å²) in [6, 6.07) is 3.56. The number of anilines is 1. The number of fused-ring (bicyclic) bond motifs is 1. The number of aryl methyl sites for hydroxylation is 1. The van der Waals surface area contributed by atoms with E-state index < -0.39 is 0 Å². The number of aromatic hydroxyl groups is 1. The first-order valence-corrected chi connectivity index (χ1v) is 6.94. The Kier molecular flexibility index (Phi) is 3.34. The van der Waals surface area contributed by atoms with Crippen LogP contribution < -0.4 is 5.32 Å². The van der Waals surface area contributed by atoms with E-state index in [0.717, 1.165) is 0 Å². The molecule has 0 saturated carbocycles. The monoisotopic (exact) mass is 288 g/mol. The molecule has 2 N–H and O–H groups in total. The van der Waals surface area contributed by atoms with Gasteiger partial charge in [-0.1, -0.05) is 0 Å². The molecule has 0 aromatic carbocycles. The molecular formula is C13H12N4O2S. The van der Waals surface area contributed by atoms with Crippen LogP contribution in [0.25, 0.3) is 10.9 Å². The molecule has 0 unspecified atom stereocenters. The Morgan fingerprint density at radius 3 is 3.05 bits per heavy atom. The quantitative estimate of drug-likeness (QED) is 0.771. The van der Waals surface area contributed by atoms with Crippen molar-refractivity contribution in [2.24, 2.45) is 0 Å². The largest absolute Gasteiger partial charge is 0.494 e. The predicted octanol–water partition coefficient (Wildman–Crippen LogP) is 2.23. The van der Waals surface area contributed by atoms with Gasteiger partial charge in [0.25, 0.3) is 0 Å². The molecule has 7 heteroatoms. The molecule has 3 rings (SSSR count). The number of rotatable bonds is 4. The van der Waals surface area contributed by atoms with E-state index in [9.17, 15) is 9.90 Å². The lowest BCUT2D eigenvalue weighted by Crippen LogP contribution is -2.13. The maximum absolute atomic E-state index is 11.8. The molecule has 0 aliphatic rings. The summed E-state index contributed by atoms with van der Waals surface area (Å²) < 4.78 is 1.62. The van der Waals surface area contributed by atoms with Crippen molar-refractivity contribution in [1.29, 1.82) is 0 Å². The molecular weight excluding hydrogens is 276 g/mol. The molecule has 0 spiro atoms. The second kappa shape index (κ2) is 5.30. The summed E-state index contributed by atoms with van der Waals surface area (Å²) in [7, 11) is 0. The van der Waals surface area contributed by atoms with Crippen LogP contribution in [-0.4, -0.2) is 25.5 Å². The zero-order chi connectivity index (χ0) is 13.9. The van der Waals surface area contributed by atoms with Gasteiger partial charge in [-0.15, -0.1) is 11.3 Å². The fraction of sp³-hybridized carbons (Fsp3) is 0.154. The van der Waals surface area contributed by atoms with E-state index in [0.29, 0.717) is 22.6 Å². The lowest BCUT2D eigenvalue weighted by molar-refractivity contribution is -0.116. The smallest absolute Gasteiger partial charge is 0.227 e. The SMILES string of the molecule is O=C(CCn1cc2ncccc2c1O)Nc1nccs1. The van der Waals surface area contributed by atoms with Crippen molar-refractivity contribution in [2.45, 2.75) is 13.0 Å². The van der Waals surface area contributed by atoms with Crippen LogP contribution in [0.2, 0.25) is 0 Å². The van der Waals surface area contributed by atoms with Gasteiger partial charge in [0.2, 0.25) is 11.8 Å². The Balaban J connectivity index is 1.68. The fourth-order valence-electron chi connectivity index (χ4n) is 1.93. The lowest BCUT2D eigenvalue weighted by atomic mass is 10.3. The second-order valence-corrected chi connectivity index (χ2v) is 5.11. The van der Waals surface area contributed by atoms with E-state index in [4.69, 9.17) is 0 Å². The Morgan fingerprint density at radius 2 is 2.30 bits per heavy atom. The highest BCUT2D eigenvalue weighted by Crippen LogP contribution is 2.25. The molecule has 0 bridgehead atoms. The van der Waals surface area contributed by atoms with E-state index in [1.165, 1.54) is 11.3 Å². The number of nitrogens with one attached hydrogen (secondary N) is 1. The highest BCUT2D eigenvalue weighted by atomic mass is 32.1. The molecule has 3 aromatic heterocycles. The minimum atomic E-state index is -0.134. The van der Waals surface area contributed by atoms with Gasteiger partial charge in [-0.25, -0.2) is 4.98 Å². The Hall–Kier alpha value is -2.41. The number of thiazole rings is 1. The van der Waals surface area contributed by atoms with Gasteiger partial charge in [0, 0.05) is 36.9 Å². The number of nitrogens with zero attached hydrogens (tertiary/aromatic N) is 3. The Labute approximate surface area is 118 Å². The third-order valence-electron chi connectivity index (χ3n) is 2.89. The first-order valence-electron chi connectivity index (χ1n) is 6.06. The van der Waals surface area contributed by atoms with Gasteiger partial charge in [0.15, 0.2) is 5.13 Å². The van der Waals surface area contributed by atoms with Crippen molar-refractivity contribution in [3.8, 4) is 5.88 Å². The van der Waals surface area contributed by atoms with E-state index in [1.54, 1.807) is 40.7 Å². The van der Waals surface area contributed by atoms with Crippen LogP contribution >= 0.6 is 11.3 Å². The van der Waals surface area contributed by atoms with Gasteiger partial charge < -0.3 is 15.0 Å². The molecule has 102 valence electrons. The van der Waals surface area contributed by atoms with Crippen LogP contribution in [0.3, 0.4) is 0 Å². The van der Waals surface area contributed by atoms with Gasteiger partial charge >= 0.3 is 0 Å². The third kappa shape index (κ3) is 2.48. The summed E-state index contributed by atoms with van der Waals surface area (Å²) in [4.78, 5) is 19.9. The maximum atomic E-state index is 11.8. The molecule has 0 saturated heterocycles. The fourth-order valence-corrected chi connectivity index (χ4v) is 2.48. The average Bonchev–Trinajstić information content (AvgIpc) is 3.06. The van der Waals surface area contributed by atoms with Crippen molar-refractivity contribution in [1.82, 2.24) is 14.5 Å². The van der Waals surface area contributed by atoms with Crippen molar-refractivity contribution < 1.29 is 9.90 Å². The number of carbonyl (C=O) groups is 1. The van der Waals surface area contributed by atoms with Crippen LogP contribution in [0, 0.1) is 0 Å². The summed E-state index contributed by atoms with van der Waals surface area (Å²) in [5, 5.41) is 15.8. The van der Waals surface area contributed by atoms with Crippen LogP contribution in [0.5, 0.6) is 5.88 Å². The molecule has 3 aromatic rings. The van der Waals surface area contributed by atoms with E-state index >= 15 is 0 Å². The molecule has 1 amide bonds. The summed E-state index contributed by atoms with van der Waals surface area (Å²) in [6.07, 6.45) is 5.30. The third-order valence-corrected chi connectivity index (χ3v) is 3.58. The van der Waals surface area contributed by atoms with Gasteiger partial charge in [-0.3, -0.25) is 9.78 Å². The van der Waals surface area contributed by atoms with Crippen LogP contribution in [-0.2, 0) is 11.3 Å². The summed E-state index contributed by atoms with van der Waals surface area (Å²) in [6.45, 7) is 0.388. The minimum absolute atomic E-state index is 0.134. The number of hydrogen-bond acceptors (Lipinski definition) is 5.